The van der Waals surface area contributed by atoms with Gasteiger partial charge in [-0.05, 0) is 19.4 Å². The number of aryl methyl sites for hydroxylation is 1. The highest BCUT2D eigenvalue weighted by Crippen LogP contribution is 2.21. The molecule has 3 nitrogen and oxygen atoms in total. The van der Waals surface area contributed by atoms with Crippen LogP contribution in [0.1, 0.15) is 18.1 Å². The van der Waals surface area contributed by atoms with Gasteiger partial charge in [0, 0.05) is 6.42 Å². The van der Waals surface area contributed by atoms with E-state index in [4.69, 9.17) is 4.74 Å². The Morgan fingerprint density at radius 2 is 2.07 bits per heavy atom. The zero-order chi connectivity index (χ0) is 10.9. The van der Waals surface area contributed by atoms with Crippen LogP contribution in [0.4, 0.5) is 4.79 Å². The van der Waals surface area contributed by atoms with Crippen LogP contribution in [0.15, 0.2) is 24.3 Å². The molecule has 0 saturated carbocycles. The van der Waals surface area contributed by atoms with E-state index in [1.165, 1.54) is 11.1 Å². The monoisotopic (exact) mass is 205 g/mol. The van der Waals surface area contributed by atoms with Crippen molar-refractivity contribution in [1.29, 1.82) is 0 Å². The van der Waals surface area contributed by atoms with E-state index in [-0.39, 0.29) is 6.09 Å². The summed E-state index contributed by atoms with van der Waals surface area (Å²) in [4.78, 5) is 11.0. The van der Waals surface area contributed by atoms with Gasteiger partial charge in [0.05, 0.1) is 6.54 Å². The van der Waals surface area contributed by atoms with Crippen molar-refractivity contribution in [2.75, 3.05) is 6.54 Å². The second-order valence-electron chi connectivity index (χ2n) is 4.36. The highest BCUT2D eigenvalue weighted by atomic mass is 16.6. The van der Waals surface area contributed by atoms with Crippen LogP contribution < -0.4 is 5.32 Å². The molecule has 1 amide bonds. The summed E-state index contributed by atoms with van der Waals surface area (Å²) >= 11 is 0. The Bertz CT molecular complexity index is 372. The maximum atomic E-state index is 11.0. The largest absolute Gasteiger partial charge is 0.441 e. The minimum Gasteiger partial charge on any atom is -0.441 e. The van der Waals surface area contributed by atoms with E-state index in [2.05, 4.69) is 36.5 Å². The molecule has 1 aromatic rings. The lowest BCUT2D eigenvalue weighted by atomic mass is 9.96. The molecule has 1 atom stereocenters. The van der Waals surface area contributed by atoms with Gasteiger partial charge in [-0.3, -0.25) is 0 Å². The first kappa shape index (κ1) is 10.0. The van der Waals surface area contributed by atoms with Gasteiger partial charge in [-0.25, -0.2) is 4.79 Å². The predicted molar refractivity (Wildman–Crippen MR) is 57.8 cm³/mol. The number of hydrogen-bond acceptors (Lipinski definition) is 2. The normalized spacial score (nSPS) is 24.8. The number of cyclic esters (lactones) is 1. The number of nitrogens with one attached hydrogen (secondary N) is 1. The summed E-state index contributed by atoms with van der Waals surface area (Å²) in [6, 6.07) is 8.30. The fraction of sp³-hybridized carbons (Fsp3) is 0.417. The fourth-order valence-corrected chi connectivity index (χ4v) is 1.79. The number of benzene rings is 1. The van der Waals surface area contributed by atoms with E-state index in [1.54, 1.807) is 0 Å². The molecule has 3 heteroatoms. The molecule has 1 aliphatic heterocycles. The van der Waals surface area contributed by atoms with Crippen LogP contribution in [-0.4, -0.2) is 18.2 Å². The number of carbonyl (C=O) groups is 1. The van der Waals surface area contributed by atoms with Crippen molar-refractivity contribution in [2.45, 2.75) is 25.9 Å². The van der Waals surface area contributed by atoms with E-state index in [0.717, 1.165) is 6.42 Å². The maximum Gasteiger partial charge on any atom is 0.407 e. The first-order valence-electron chi connectivity index (χ1n) is 5.10. The van der Waals surface area contributed by atoms with Crippen LogP contribution in [-0.2, 0) is 11.2 Å². The summed E-state index contributed by atoms with van der Waals surface area (Å²) < 4.78 is 5.23. The number of alkyl carbamates (subject to hydrolysis) is 1. The molecule has 1 saturated heterocycles. The molecule has 1 fully saturated rings. The minimum atomic E-state index is -0.396. The lowest BCUT2D eigenvalue weighted by Gasteiger charge is -2.20. The SMILES string of the molecule is Cc1ccc(CC2(C)CNC(=O)O2)cc1. The molecule has 15 heavy (non-hydrogen) atoms. The molecule has 0 bridgehead atoms. The van der Waals surface area contributed by atoms with Gasteiger partial charge in [0.15, 0.2) is 0 Å². The number of carbonyl (C=O) groups excluding carboxylic acids is 1. The summed E-state index contributed by atoms with van der Waals surface area (Å²) in [6.07, 6.45) is 0.441. The minimum absolute atomic E-state index is 0.315. The van der Waals surface area contributed by atoms with Gasteiger partial charge in [-0.15, -0.1) is 0 Å². The van der Waals surface area contributed by atoms with Crippen molar-refractivity contribution in [3.8, 4) is 0 Å². The second kappa shape index (κ2) is 3.57. The third-order valence-electron chi connectivity index (χ3n) is 2.64. The molecule has 0 aromatic heterocycles. The van der Waals surface area contributed by atoms with Gasteiger partial charge in [0.2, 0.25) is 0 Å². The van der Waals surface area contributed by atoms with Crippen LogP contribution in [0.25, 0.3) is 0 Å². The Morgan fingerprint density at radius 3 is 2.60 bits per heavy atom. The topological polar surface area (TPSA) is 38.3 Å². The van der Waals surface area contributed by atoms with E-state index in [9.17, 15) is 4.79 Å². The summed E-state index contributed by atoms with van der Waals surface area (Å²) in [6.45, 7) is 4.59. The van der Waals surface area contributed by atoms with E-state index >= 15 is 0 Å². The van der Waals surface area contributed by atoms with Gasteiger partial charge in [0.25, 0.3) is 0 Å². The van der Waals surface area contributed by atoms with Crippen LogP contribution in [0.2, 0.25) is 0 Å². The molecule has 1 unspecified atom stereocenters. The molecular formula is C12H15NO2. The Balaban J connectivity index is 2.08. The van der Waals surface area contributed by atoms with Gasteiger partial charge in [-0.1, -0.05) is 29.8 Å². The highest BCUT2D eigenvalue weighted by molar-refractivity contribution is 5.70. The van der Waals surface area contributed by atoms with E-state index < -0.39 is 5.60 Å². The summed E-state index contributed by atoms with van der Waals surface area (Å²) in [5.74, 6) is 0. The number of rotatable bonds is 2. The van der Waals surface area contributed by atoms with Gasteiger partial charge in [-0.2, -0.15) is 0 Å². The average Bonchev–Trinajstić information content (AvgIpc) is 2.50. The standard InChI is InChI=1S/C12H15NO2/c1-9-3-5-10(6-4-9)7-12(2)8-13-11(14)15-12/h3-6H,7-8H2,1-2H3,(H,13,14). The van der Waals surface area contributed by atoms with E-state index in [1.807, 2.05) is 6.92 Å². The average molecular weight is 205 g/mol. The molecule has 1 heterocycles. The number of ether oxygens (including phenoxy) is 1. The van der Waals surface area contributed by atoms with Crippen molar-refractivity contribution in [2.24, 2.45) is 0 Å². The molecule has 0 aliphatic carbocycles. The molecule has 0 spiro atoms. The summed E-state index contributed by atoms with van der Waals surface area (Å²) in [5.41, 5.74) is 2.04. The fourth-order valence-electron chi connectivity index (χ4n) is 1.79. The Morgan fingerprint density at radius 1 is 1.40 bits per heavy atom. The van der Waals surface area contributed by atoms with Gasteiger partial charge in [0.1, 0.15) is 5.60 Å². The Labute approximate surface area is 89.4 Å². The quantitative estimate of drug-likeness (QED) is 0.802. The molecule has 1 aromatic carbocycles. The van der Waals surface area contributed by atoms with Crippen LogP contribution in [0.3, 0.4) is 0 Å². The van der Waals surface area contributed by atoms with Crippen LogP contribution in [0.5, 0.6) is 0 Å². The molecule has 1 aliphatic rings. The summed E-state index contributed by atoms with van der Waals surface area (Å²) in [7, 11) is 0. The molecule has 80 valence electrons. The zero-order valence-corrected chi connectivity index (χ0v) is 9.04. The smallest absolute Gasteiger partial charge is 0.407 e. The van der Waals surface area contributed by atoms with Crippen molar-refractivity contribution in [3.63, 3.8) is 0 Å². The molecule has 1 N–H and O–H groups in total. The predicted octanol–water partition coefficient (Wildman–Crippen LogP) is 2.04. The molecule has 0 radical (unpaired) electrons. The maximum absolute atomic E-state index is 11.0. The number of hydrogen-bond donors (Lipinski definition) is 1. The molecule has 2 rings (SSSR count). The van der Waals surface area contributed by atoms with Gasteiger partial charge >= 0.3 is 6.09 Å². The van der Waals surface area contributed by atoms with Crippen molar-refractivity contribution in [1.82, 2.24) is 5.32 Å². The third kappa shape index (κ3) is 2.29. The second-order valence-corrected chi connectivity index (χ2v) is 4.36. The van der Waals surface area contributed by atoms with Gasteiger partial charge < -0.3 is 10.1 Å². The van der Waals surface area contributed by atoms with Crippen molar-refractivity contribution >= 4 is 6.09 Å². The first-order valence-corrected chi connectivity index (χ1v) is 5.10. The van der Waals surface area contributed by atoms with Crippen molar-refractivity contribution < 1.29 is 9.53 Å². The molecular weight excluding hydrogens is 190 g/mol. The van der Waals surface area contributed by atoms with Crippen molar-refractivity contribution in [3.05, 3.63) is 35.4 Å². The van der Waals surface area contributed by atoms with E-state index in [0.29, 0.717) is 6.54 Å². The lowest BCUT2D eigenvalue weighted by Crippen LogP contribution is -2.31. The zero-order valence-electron chi connectivity index (χ0n) is 9.04. The first-order chi connectivity index (χ1) is 7.07. The number of amides is 1. The lowest BCUT2D eigenvalue weighted by molar-refractivity contribution is 0.0725. The summed E-state index contributed by atoms with van der Waals surface area (Å²) in [5, 5.41) is 2.68. The highest BCUT2D eigenvalue weighted by Gasteiger charge is 2.35. The Kier molecular flexibility index (Phi) is 2.39. The Hall–Kier alpha value is -1.51. The van der Waals surface area contributed by atoms with Crippen LogP contribution >= 0.6 is 0 Å². The van der Waals surface area contributed by atoms with Crippen LogP contribution in [0, 0.1) is 6.92 Å². The third-order valence-corrected chi connectivity index (χ3v) is 2.64.